The molecule has 3 aromatic carbocycles. The van der Waals surface area contributed by atoms with Crippen LogP contribution in [0.1, 0.15) is 15.9 Å². The molecule has 3 rings (SSSR count). The average Bonchev–Trinajstić information content (AvgIpc) is 2.78. The van der Waals surface area contributed by atoms with Crippen LogP contribution in [-0.4, -0.2) is 45.0 Å². The van der Waals surface area contributed by atoms with Crippen molar-refractivity contribution in [2.24, 2.45) is 0 Å². The molecule has 0 fully saturated rings. The van der Waals surface area contributed by atoms with Crippen LogP contribution in [0.25, 0.3) is 17.2 Å². The molecule has 0 spiro atoms. The second kappa shape index (κ2) is 10.5. The highest BCUT2D eigenvalue weighted by Crippen LogP contribution is 2.28. The Balaban J connectivity index is 1.89. The quantitative estimate of drug-likeness (QED) is 0.347. The summed E-state index contributed by atoms with van der Waals surface area (Å²) in [5, 5.41) is 0. The third-order valence-corrected chi connectivity index (χ3v) is 4.77. The van der Waals surface area contributed by atoms with Gasteiger partial charge < -0.3 is 14.4 Å². The smallest absolute Gasteiger partial charge is 0.188 e. The minimum Gasteiger partial charge on any atom is -0.497 e. The van der Waals surface area contributed by atoms with Crippen molar-refractivity contribution in [3.63, 3.8) is 0 Å². The molecule has 0 heterocycles. The molecule has 0 unspecified atom stereocenters. The molecule has 5 heteroatoms. The lowest BCUT2D eigenvalue weighted by atomic mass is 10.0. The van der Waals surface area contributed by atoms with Crippen LogP contribution in [0.4, 0.5) is 4.39 Å². The maximum absolute atomic E-state index is 14.3. The summed E-state index contributed by atoms with van der Waals surface area (Å²) in [6, 6.07) is 20.0. The van der Waals surface area contributed by atoms with Gasteiger partial charge in [0, 0.05) is 18.2 Å². The summed E-state index contributed by atoms with van der Waals surface area (Å²) in [6.45, 7) is 1.28. The Kier molecular flexibility index (Phi) is 7.57. The molecular weight excluding hydrogens is 393 g/mol. The Morgan fingerprint density at radius 1 is 1.00 bits per heavy atom. The number of carbonyl (C=O) groups is 1. The van der Waals surface area contributed by atoms with E-state index in [4.69, 9.17) is 9.47 Å². The molecule has 0 aliphatic carbocycles. The minimum absolute atomic E-state index is 0.00802. The van der Waals surface area contributed by atoms with E-state index in [1.165, 1.54) is 25.3 Å². The zero-order valence-electron chi connectivity index (χ0n) is 18.0. The number of hydrogen-bond acceptors (Lipinski definition) is 4. The molecule has 4 nitrogen and oxygen atoms in total. The number of allylic oxidation sites excluding steroid dienone is 1. The van der Waals surface area contributed by atoms with Crippen molar-refractivity contribution >= 4 is 11.9 Å². The van der Waals surface area contributed by atoms with Crippen LogP contribution in [0.5, 0.6) is 11.5 Å². The predicted molar refractivity (Wildman–Crippen MR) is 122 cm³/mol. The highest BCUT2D eigenvalue weighted by molar-refractivity contribution is 6.07. The number of carbonyl (C=O) groups excluding carboxylic acids is 1. The molecule has 3 aromatic rings. The Morgan fingerprint density at radius 2 is 1.77 bits per heavy atom. The van der Waals surface area contributed by atoms with Gasteiger partial charge in [-0.05, 0) is 61.6 Å². The zero-order valence-corrected chi connectivity index (χ0v) is 18.0. The van der Waals surface area contributed by atoms with Crippen LogP contribution in [0.2, 0.25) is 0 Å². The van der Waals surface area contributed by atoms with Crippen molar-refractivity contribution in [2.75, 3.05) is 34.4 Å². The van der Waals surface area contributed by atoms with E-state index in [1.807, 2.05) is 67.5 Å². The van der Waals surface area contributed by atoms with Crippen molar-refractivity contribution in [3.8, 4) is 22.6 Å². The van der Waals surface area contributed by atoms with Gasteiger partial charge in [-0.1, -0.05) is 36.4 Å². The number of ketones is 1. The number of likely N-dealkylation sites (N-methyl/N-ethyl adjacent to an activating group) is 1. The van der Waals surface area contributed by atoms with Gasteiger partial charge in [0.1, 0.15) is 23.9 Å². The molecule has 0 bridgehead atoms. The predicted octanol–water partition coefficient (Wildman–Crippen LogP) is 5.34. The van der Waals surface area contributed by atoms with Crippen LogP contribution in [0.3, 0.4) is 0 Å². The summed E-state index contributed by atoms with van der Waals surface area (Å²) in [5.74, 6) is -0.00930. The summed E-state index contributed by atoms with van der Waals surface area (Å²) >= 11 is 0. The third-order valence-electron chi connectivity index (χ3n) is 4.77. The second-order valence-corrected chi connectivity index (χ2v) is 7.31. The first kappa shape index (κ1) is 22.2. The summed E-state index contributed by atoms with van der Waals surface area (Å²) in [5.41, 5.74) is 2.81. The molecule has 0 amide bonds. The topological polar surface area (TPSA) is 38.8 Å². The van der Waals surface area contributed by atoms with E-state index in [-0.39, 0.29) is 5.56 Å². The van der Waals surface area contributed by atoms with Crippen LogP contribution in [0.15, 0.2) is 72.8 Å². The lowest BCUT2D eigenvalue weighted by molar-refractivity contribution is 0.104. The van der Waals surface area contributed by atoms with E-state index in [0.29, 0.717) is 18.1 Å². The number of ether oxygens (including phenoxy) is 2. The summed E-state index contributed by atoms with van der Waals surface area (Å²) in [7, 11) is 5.41. The maximum atomic E-state index is 14.3. The van der Waals surface area contributed by atoms with Crippen molar-refractivity contribution in [2.45, 2.75) is 0 Å². The largest absolute Gasteiger partial charge is 0.497 e. The second-order valence-electron chi connectivity index (χ2n) is 7.31. The molecule has 0 radical (unpaired) electrons. The van der Waals surface area contributed by atoms with Gasteiger partial charge in [-0.15, -0.1) is 0 Å². The number of methoxy groups -OCH3 is 1. The summed E-state index contributed by atoms with van der Waals surface area (Å²) in [4.78, 5) is 14.6. The summed E-state index contributed by atoms with van der Waals surface area (Å²) in [6.07, 6.45) is 3.04. The van der Waals surface area contributed by atoms with Crippen LogP contribution >= 0.6 is 0 Å². The fourth-order valence-corrected chi connectivity index (χ4v) is 3.04. The number of benzene rings is 3. The average molecular weight is 419 g/mol. The van der Waals surface area contributed by atoms with Gasteiger partial charge in [0.25, 0.3) is 0 Å². The van der Waals surface area contributed by atoms with Crippen LogP contribution in [0, 0.1) is 5.82 Å². The van der Waals surface area contributed by atoms with Gasteiger partial charge in [-0.3, -0.25) is 4.79 Å². The van der Waals surface area contributed by atoms with E-state index >= 15 is 0 Å². The van der Waals surface area contributed by atoms with Gasteiger partial charge in [0.05, 0.1) is 12.7 Å². The van der Waals surface area contributed by atoms with Gasteiger partial charge in [-0.25, -0.2) is 4.39 Å². The van der Waals surface area contributed by atoms with Crippen molar-refractivity contribution < 1.29 is 18.7 Å². The van der Waals surface area contributed by atoms with E-state index < -0.39 is 11.6 Å². The van der Waals surface area contributed by atoms with Gasteiger partial charge in [0.15, 0.2) is 5.78 Å². The van der Waals surface area contributed by atoms with Crippen LogP contribution in [-0.2, 0) is 0 Å². The van der Waals surface area contributed by atoms with E-state index in [1.54, 1.807) is 12.1 Å². The fourth-order valence-electron chi connectivity index (χ4n) is 3.04. The molecule has 0 aliphatic rings. The van der Waals surface area contributed by atoms with Crippen LogP contribution < -0.4 is 9.47 Å². The van der Waals surface area contributed by atoms with Gasteiger partial charge in [-0.2, -0.15) is 0 Å². The number of hydrogen-bond donors (Lipinski definition) is 0. The number of nitrogens with zero attached hydrogens (tertiary/aromatic N) is 1. The van der Waals surface area contributed by atoms with Crippen molar-refractivity contribution in [1.82, 2.24) is 4.90 Å². The first-order chi connectivity index (χ1) is 15.0. The molecular formula is C26H26FNO3. The van der Waals surface area contributed by atoms with E-state index in [2.05, 4.69) is 0 Å². The molecule has 160 valence electrons. The minimum atomic E-state index is -0.616. The fraction of sp³-hybridized carbons (Fsp3) is 0.192. The molecule has 0 atom stereocenters. The first-order valence-corrected chi connectivity index (χ1v) is 10.0. The standard InChI is InChI=1S/C26H26FNO3/c1-28(2)15-16-31-26-14-10-20(19-7-5-4-6-8-19)17-21(26)9-13-25(29)23-12-11-22(30-3)18-24(23)27/h4-14,17-18H,15-16H2,1-3H3. The van der Waals surface area contributed by atoms with Gasteiger partial charge in [0.2, 0.25) is 0 Å². The van der Waals surface area contributed by atoms with E-state index in [9.17, 15) is 9.18 Å². The molecule has 0 saturated carbocycles. The maximum Gasteiger partial charge on any atom is 0.188 e. The zero-order chi connectivity index (χ0) is 22.2. The highest BCUT2D eigenvalue weighted by atomic mass is 19.1. The normalized spacial score (nSPS) is 11.1. The third kappa shape index (κ3) is 6.03. The van der Waals surface area contributed by atoms with Gasteiger partial charge >= 0.3 is 0 Å². The first-order valence-electron chi connectivity index (χ1n) is 10.0. The Hall–Kier alpha value is -3.44. The SMILES string of the molecule is COc1ccc(C(=O)C=Cc2cc(-c3ccccc3)ccc2OCCN(C)C)c(F)c1. The summed E-state index contributed by atoms with van der Waals surface area (Å²) < 4.78 is 25.2. The Bertz CT molecular complexity index is 1060. The molecule has 0 aliphatic heterocycles. The molecule has 0 N–H and O–H groups in total. The monoisotopic (exact) mass is 419 g/mol. The van der Waals surface area contributed by atoms with Crippen molar-refractivity contribution in [3.05, 3.63) is 89.8 Å². The lowest BCUT2D eigenvalue weighted by Crippen LogP contribution is -2.19. The Morgan fingerprint density at radius 3 is 2.45 bits per heavy atom. The molecule has 0 saturated heterocycles. The van der Waals surface area contributed by atoms with E-state index in [0.717, 1.165) is 23.2 Å². The molecule has 0 aromatic heterocycles. The number of halogens is 1. The van der Waals surface area contributed by atoms with Crippen molar-refractivity contribution in [1.29, 1.82) is 0 Å². The Labute approximate surface area is 182 Å². The highest BCUT2D eigenvalue weighted by Gasteiger charge is 2.11. The number of rotatable bonds is 9. The molecule has 31 heavy (non-hydrogen) atoms. The lowest BCUT2D eigenvalue weighted by Gasteiger charge is -2.14.